The van der Waals surface area contributed by atoms with E-state index in [2.05, 4.69) is 15.3 Å². The molecule has 0 aliphatic heterocycles. The summed E-state index contributed by atoms with van der Waals surface area (Å²) in [6, 6.07) is 2.89. The summed E-state index contributed by atoms with van der Waals surface area (Å²) in [5, 5.41) is 3.53. The molecule has 0 amide bonds. The van der Waals surface area contributed by atoms with E-state index in [0.717, 1.165) is 24.5 Å². The van der Waals surface area contributed by atoms with E-state index in [-0.39, 0.29) is 0 Å². The van der Waals surface area contributed by atoms with Crippen molar-refractivity contribution < 1.29 is 0 Å². The summed E-state index contributed by atoms with van der Waals surface area (Å²) >= 11 is 0. The highest BCUT2D eigenvalue weighted by atomic mass is 15.0. The molecule has 2 unspecified atom stereocenters. The van der Waals surface area contributed by atoms with Crippen LogP contribution >= 0.6 is 0 Å². The quantitative estimate of drug-likeness (QED) is 0.802. The van der Waals surface area contributed by atoms with Crippen LogP contribution in [0.25, 0.3) is 0 Å². The summed E-state index contributed by atoms with van der Waals surface area (Å²) in [5.41, 5.74) is 7.01. The SMILES string of the molecule is Cc1nccc(CNC2CCCC(N)C2)n1. The Morgan fingerprint density at radius 2 is 2.38 bits per heavy atom. The normalized spacial score (nSPS) is 25.6. The average Bonchev–Trinajstić information content (AvgIpc) is 2.27. The van der Waals surface area contributed by atoms with Crippen molar-refractivity contribution >= 4 is 0 Å². The van der Waals surface area contributed by atoms with Crippen molar-refractivity contribution in [2.45, 2.75) is 51.2 Å². The van der Waals surface area contributed by atoms with Gasteiger partial charge in [-0.2, -0.15) is 0 Å². The third-order valence-corrected chi connectivity index (χ3v) is 3.12. The smallest absolute Gasteiger partial charge is 0.125 e. The number of nitrogens with zero attached hydrogens (tertiary/aromatic N) is 2. The van der Waals surface area contributed by atoms with Gasteiger partial charge in [0.05, 0.1) is 5.69 Å². The van der Waals surface area contributed by atoms with Gasteiger partial charge in [-0.1, -0.05) is 6.42 Å². The van der Waals surface area contributed by atoms with E-state index in [1.165, 1.54) is 19.3 Å². The molecule has 1 aliphatic carbocycles. The summed E-state index contributed by atoms with van der Waals surface area (Å²) < 4.78 is 0. The van der Waals surface area contributed by atoms with Gasteiger partial charge < -0.3 is 11.1 Å². The lowest BCUT2D eigenvalue weighted by Crippen LogP contribution is -2.39. The maximum Gasteiger partial charge on any atom is 0.125 e. The van der Waals surface area contributed by atoms with Crippen LogP contribution in [0.4, 0.5) is 0 Å². The van der Waals surface area contributed by atoms with Crippen LogP contribution in [0, 0.1) is 6.92 Å². The fourth-order valence-electron chi connectivity index (χ4n) is 2.27. The first-order valence-corrected chi connectivity index (χ1v) is 6.01. The lowest BCUT2D eigenvalue weighted by atomic mass is 9.91. The Balaban J connectivity index is 1.82. The number of rotatable bonds is 3. The van der Waals surface area contributed by atoms with Crippen molar-refractivity contribution in [3.63, 3.8) is 0 Å². The summed E-state index contributed by atoms with van der Waals surface area (Å²) in [5.74, 6) is 0.833. The fraction of sp³-hybridized carbons (Fsp3) is 0.667. The first kappa shape index (κ1) is 11.5. The zero-order chi connectivity index (χ0) is 11.4. The minimum atomic E-state index is 0.374. The monoisotopic (exact) mass is 220 g/mol. The highest BCUT2D eigenvalue weighted by Crippen LogP contribution is 2.17. The third-order valence-electron chi connectivity index (χ3n) is 3.12. The molecule has 0 spiro atoms. The Morgan fingerprint density at radius 1 is 1.50 bits per heavy atom. The zero-order valence-corrected chi connectivity index (χ0v) is 9.82. The van der Waals surface area contributed by atoms with Crippen LogP contribution in [0.3, 0.4) is 0 Å². The standard InChI is InChI=1S/C12H20N4/c1-9-14-6-5-12(16-9)8-15-11-4-2-3-10(13)7-11/h5-6,10-11,15H,2-4,7-8,13H2,1H3. The molecule has 0 aromatic carbocycles. The van der Waals surface area contributed by atoms with Crippen LogP contribution in [0.15, 0.2) is 12.3 Å². The Labute approximate surface area is 96.7 Å². The molecule has 1 aromatic rings. The zero-order valence-electron chi connectivity index (χ0n) is 9.82. The molecule has 4 nitrogen and oxygen atoms in total. The fourth-order valence-corrected chi connectivity index (χ4v) is 2.27. The molecular weight excluding hydrogens is 200 g/mol. The molecule has 4 heteroatoms. The highest BCUT2D eigenvalue weighted by Gasteiger charge is 2.18. The summed E-state index contributed by atoms with van der Waals surface area (Å²) in [7, 11) is 0. The second kappa shape index (κ2) is 5.37. The summed E-state index contributed by atoms with van der Waals surface area (Å²) in [6.45, 7) is 2.74. The number of aryl methyl sites for hydroxylation is 1. The van der Waals surface area contributed by atoms with Gasteiger partial charge in [0.1, 0.15) is 5.82 Å². The van der Waals surface area contributed by atoms with Crippen molar-refractivity contribution in [1.29, 1.82) is 0 Å². The summed E-state index contributed by atoms with van der Waals surface area (Å²) in [4.78, 5) is 8.46. The molecule has 1 heterocycles. The number of nitrogens with two attached hydrogens (primary N) is 1. The van der Waals surface area contributed by atoms with E-state index in [9.17, 15) is 0 Å². The second-order valence-corrected chi connectivity index (χ2v) is 4.60. The van der Waals surface area contributed by atoms with Crippen LogP contribution < -0.4 is 11.1 Å². The number of nitrogens with one attached hydrogen (secondary N) is 1. The lowest BCUT2D eigenvalue weighted by Gasteiger charge is -2.27. The predicted molar refractivity (Wildman–Crippen MR) is 63.8 cm³/mol. The van der Waals surface area contributed by atoms with Gasteiger partial charge in [0, 0.05) is 24.8 Å². The van der Waals surface area contributed by atoms with Gasteiger partial charge >= 0.3 is 0 Å². The van der Waals surface area contributed by atoms with E-state index in [1.54, 1.807) is 0 Å². The minimum absolute atomic E-state index is 0.374. The number of hydrogen-bond donors (Lipinski definition) is 2. The summed E-state index contributed by atoms with van der Waals surface area (Å²) in [6.07, 6.45) is 6.54. The third kappa shape index (κ3) is 3.25. The Morgan fingerprint density at radius 3 is 3.12 bits per heavy atom. The Bertz CT molecular complexity index is 340. The van der Waals surface area contributed by atoms with Gasteiger partial charge in [0.15, 0.2) is 0 Å². The molecule has 16 heavy (non-hydrogen) atoms. The first-order valence-electron chi connectivity index (χ1n) is 6.01. The van der Waals surface area contributed by atoms with E-state index in [1.807, 2.05) is 19.2 Å². The van der Waals surface area contributed by atoms with Crippen LogP contribution in [-0.2, 0) is 6.54 Å². The van der Waals surface area contributed by atoms with Crippen molar-refractivity contribution in [2.75, 3.05) is 0 Å². The molecule has 0 radical (unpaired) electrons. The van der Waals surface area contributed by atoms with Crippen LogP contribution in [0.5, 0.6) is 0 Å². The van der Waals surface area contributed by atoms with Crippen LogP contribution in [0.2, 0.25) is 0 Å². The van der Waals surface area contributed by atoms with Crippen molar-refractivity contribution in [3.8, 4) is 0 Å². The highest BCUT2D eigenvalue weighted by molar-refractivity contribution is 5.01. The molecule has 0 bridgehead atoms. The largest absolute Gasteiger partial charge is 0.328 e. The van der Waals surface area contributed by atoms with Crippen molar-refractivity contribution in [1.82, 2.24) is 15.3 Å². The average molecular weight is 220 g/mol. The maximum atomic E-state index is 5.95. The molecule has 88 valence electrons. The van der Waals surface area contributed by atoms with E-state index in [0.29, 0.717) is 12.1 Å². The Hall–Kier alpha value is -1.00. The van der Waals surface area contributed by atoms with Crippen LogP contribution in [-0.4, -0.2) is 22.1 Å². The molecule has 2 atom stereocenters. The lowest BCUT2D eigenvalue weighted by molar-refractivity contribution is 0.337. The van der Waals surface area contributed by atoms with Crippen molar-refractivity contribution in [3.05, 3.63) is 23.8 Å². The van der Waals surface area contributed by atoms with E-state index >= 15 is 0 Å². The van der Waals surface area contributed by atoms with E-state index in [4.69, 9.17) is 5.73 Å². The van der Waals surface area contributed by atoms with Gasteiger partial charge in [-0.25, -0.2) is 9.97 Å². The first-order chi connectivity index (χ1) is 7.74. The topological polar surface area (TPSA) is 63.8 Å². The van der Waals surface area contributed by atoms with Crippen LogP contribution in [0.1, 0.15) is 37.2 Å². The molecular formula is C12H20N4. The molecule has 3 N–H and O–H groups in total. The maximum absolute atomic E-state index is 5.95. The molecule has 1 saturated carbocycles. The molecule has 1 aliphatic rings. The molecule has 0 saturated heterocycles. The van der Waals surface area contributed by atoms with E-state index < -0.39 is 0 Å². The van der Waals surface area contributed by atoms with Gasteiger partial charge in [-0.3, -0.25) is 0 Å². The molecule has 1 aromatic heterocycles. The van der Waals surface area contributed by atoms with Gasteiger partial charge in [0.2, 0.25) is 0 Å². The second-order valence-electron chi connectivity index (χ2n) is 4.60. The van der Waals surface area contributed by atoms with Gasteiger partial charge in [-0.15, -0.1) is 0 Å². The van der Waals surface area contributed by atoms with Gasteiger partial charge in [0.25, 0.3) is 0 Å². The number of aromatic nitrogens is 2. The minimum Gasteiger partial charge on any atom is -0.328 e. The molecule has 1 fully saturated rings. The van der Waals surface area contributed by atoms with Crippen molar-refractivity contribution in [2.24, 2.45) is 5.73 Å². The predicted octanol–water partition coefficient (Wildman–Crippen LogP) is 1.14. The van der Waals surface area contributed by atoms with Gasteiger partial charge in [-0.05, 0) is 32.3 Å². The molecule has 2 rings (SSSR count). The Kier molecular flexibility index (Phi) is 3.85. The number of hydrogen-bond acceptors (Lipinski definition) is 4.